The molecule has 0 saturated heterocycles. The maximum atomic E-state index is 4.27. The molecule has 0 spiro atoms. The first-order valence-corrected chi connectivity index (χ1v) is 6.48. The Morgan fingerprint density at radius 1 is 1.33 bits per heavy atom. The van der Waals surface area contributed by atoms with E-state index >= 15 is 0 Å². The predicted octanol–water partition coefficient (Wildman–Crippen LogP) is 2.68. The van der Waals surface area contributed by atoms with Crippen LogP contribution in [0.4, 0.5) is 5.69 Å². The van der Waals surface area contributed by atoms with Crippen molar-refractivity contribution in [2.24, 2.45) is 7.05 Å². The second-order valence-electron chi connectivity index (χ2n) is 5.27. The summed E-state index contributed by atoms with van der Waals surface area (Å²) in [7, 11) is 1.97. The van der Waals surface area contributed by atoms with Gasteiger partial charge in [-0.3, -0.25) is 4.68 Å². The number of benzene rings is 1. The van der Waals surface area contributed by atoms with E-state index < -0.39 is 0 Å². The molecule has 0 fully saturated rings. The van der Waals surface area contributed by atoms with Crippen LogP contribution in [0.25, 0.3) is 0 Å². The van der Waals surface area contributed by atoms with Crippen LogP contribution in [0.5, 0.6) is 0 Å². The molecule has 1 aliphatic rings. The molecule has 1 atom stereocenters. The Morgan fingerprint density at radius 3 is 2.89 bits per heavy atom. The van der Waals surface area contributed by atoms with Crippen LogP contribution in [0.15, 0.2) is 30.6 Å². The molecule has 94 valence electrons. The smallest absolute Gasteiger partial charge is 0.0757 e. The molecular weight excluding hydrogens is 222 g/mol. The topological polar surface area (TPSA) is 21.1 Å². The third-order valence-corrected chi connectivity index (χ3v) is 3.90. The van der Waals surface area contributed by atoms with E-state index in [4.69, 9.17) is 0 Å². The number of anilines is 1. The van der Waals surface area contributed by atoms with Gasteiger partial charge in [-0.2, -0.15) is 5.10 Å². The summed E-state index contributed by atoms with van der Waals surface area (Å²) in [5.74, 6) is 0. The fourth-order valence-corrected chi connectivity index (χ4v) is 2.85. The molecule has 1 aliphatic heterocycles. The molecule has 0 N–H and O–H groups in total. The maximum Gasteiger partial charge on any atom is 0.0757 e. The van der Waals surface area contributed by atoms with Crippen LogP contribution in [0.2, 0.25) is 0 Å². The van der Waals surface area contributed by atoms with Crippen molar-refractivity contribution < 1.29 is 0 Å². The summed E-state index contributed by atoms with van der Waals surface area (Å²) in [5.41, 5.74) is 5.63. The Labute approximate surface area is 108 Å². The quantitative estimate of drug-likeness (QED) is 0.765. The van der Waals surface area contributed by atoms with Crippen molar-refractivity contribution in [2.45, 2.75) is 32.9 Å². The first-order chi connectivity index (χ1) is 8.65. The highest BCUT2D eigenvalue weighted by molar-refractivity contribution is 5.49. The van der Waals surface area contributed by atoms with Crippen molar-refractivity contribution in [3.8, 4) is 0 Å². The zero-order valence-corrected chi connectivity index (χ0v) is 11.2. The van der Waals surface area contributed by atoms with Gasteiger partial charge < -0.3 is 4.90 Å². The lowest BCUT2D eigenvalue weighted by Crippen LogP contribution is -2.38. The van der Waals surface area contributed by atoms with Gasteiger partial charge in [-0.15, -0.1) is 0 Å². The van der Waals surface area contributed by atoms with Crippen LogP contribution in [0, 0.1) is 6.92 Å². The predicted molar refractivity (Wildman–Crippen MR) is 73.7 cm³/mol. The van der Waals surface area contributed by atoms with E-state index in [9.17, 15) is 0 Å². The van der Waals surface area contributed by atoms with Gasteiger partial charge in [0.25, 0.3) is 0 Å². The lowest BCUT2D eigenvalue weighted by Gasteiger charge is -2.36. The van der Waals surface area contributed by atoms with Crippen LogP contribution in [-0.2, 0) is 20.0 Å². The number of nitrogens with zero attached hydrogens (tertiary/aromatic N) is 3. The van der Waals surface area contributed by atoms with Gasteiger partial charge in [-0.1, -0.05) is 18.2 Å². The number of aryl methyl sites for hydroxylation is 2. The standard InChI is InChI=1S/C15H19N3/c1-11-5-4-6-13-9-18(12(2)7-15(11)13)14-8-16-17(3)10-14/h4-6,8,10,12H,7,9H2,1-3H3. The fraction of sp³-hybridized carbons (Fsp3) is 0.400. The van der Waals surface area contributed by atoms with Crippen LogP contribution in [0.1, 0.15) is 23.6 Å². The van der Waals surface area contributed by atoms with Crippen LogP contribution >= 0.6 is 0 Å². The van der Waals surface area contributed by atoms with Crippen molar-refractivity contribution in [1.29, 1.82) is 0 Å². The van der Waals surface area contributed by atoms with Gasteiger partial charge in [0, 0.05) is 25.8 Å². The van der Waals surface area contributed by atoms with Crippen LogP contribution in [-0.4, -0.2) is 15.8 Å². The zero-order valence-electron chi connectivity index (χ0n) is 11.2. The molecule has 0 bridgehead atoms. The van der Waals surface area contributed by atoms with Gasteiger partial charge in [0.05, 0.1) is 11.9 Å². The van der Waals surface area contributed by atoms with E-state index in [2.05, 4.69) is 48.2 Å². The van der Waals surface area contributed by atoms with Gasteiger partial charge in [0.1, 0.15) is 0 Å². The minimum atomic E-state index is 0.530. The molecule has 18 heavy (non-hydrogen) atoms. The summed E-state index contributed by atoms with van der Waals surface area (Å²) >= 11 is 0. The highest BCUT2D eigenvalue weighted by Crippen LogP contribution is 2.29. The Kier molecular flexibility index (Phi) is 2.62. The van der Waals surface area contributed by atoms with Crippen molar-refractivity contribution in [2.75, 3.05) is 4.90 Å². The Balaban J connectivity index is 1.97. The van der Waals surface area contributed by atoms with E-state index in [1.165, 1.54) is 22.4 Å². The minimum absolute atomic E-state index is 0.530. The number of hydrogen-bond acceptors (Lipinski definition) is 2. The molecule has 2 heterocycles. The number of rotatable bonds is 1. The fourth-order valence-electron chi connectivity index (χ4n) is 2.85. The van der Waals surface area contributed by atoms with Gasteiger partial charge in [0.2, 0.25) is 0 Å². The normalized spacial score (nSPS) is 18.8. The van der Waals surface area contributed by atoms with E-state index in [0.717, 1.165) is 13.0 Å². The molecule has 0 aliphatic carbocycles. The summed E-state index contributed by atoms with van der Waals surface area (Å²) in [6, 6.07) is 7.15. The summed E-state index contributed by atoms with van der Waals surface area (Å²) in [4.78, 5) is 2.44. The van der Waals surface area contributed by atoms with Crippen molar-refractivity contribution >= 4 is 5.69 Å². The molecule has 1 unspecified atom stereocenters. The number of aromatic nitrogens is 2. The maximum absolute atomic E-state index is 4.27. The van der Waals surface area contributed by atoms with Crippen LogP contribution in [0.3, 0.4) is 0 Å². The lowest BCUT2D eigenvalue weighted by molar-refractivity contribution is 0.591. The van der Waals surface area contributed by atoms with E-state index in [1.54, 1.807) is 0 Å². The first-order valence-electron chi connectivity index (χ1n) is 6.48. The molecule has 0 saturated carbocycles. The van der Waals surface area contributed by atoms with Crippen molar-refractivity contribution in [3.05, 3.63) is 47.3 Å². The third kappa shape index (κ3) is 1.80. The van der Waals surface area contributed by atoms with Crippen molar-refractivity contribution in [1.82, 2.24) is 9.78 Å². The molecule has 0 amide bonds. The molecule has 3 rings (SSSR count). The summed E-state index contributed by atoms with van der Waals surface area (Å²) in [6.07, 6.45) is 5.17. The molecular formula is C15H19N3. The average molecular weight is 241 g/mol. The third-order valence-electron chi connectivity index (χ3n) is 3.90. The Bertz CT molecular complexity index is 571. The molecule has 0 radical (unpaired) electrons. The van der Waals surface area contributed by atoms with Gasteiger partial charge in [0.15, 0.2) is 0 Å². The molecule has 1 aromatic heterocycles. The summed E-state index contributed by atoms with van der Waals surface area (Å²) in [6.45, 7) is 5.50. The lowest BCUT2D eigenvalue weighted by atomic mass is 9.91. The molecule has 1 aromatic carbocycles. The van der Waals surface area contributed by atoms with E-state index in [-0.39, 0.29) is 0 Å². The minimum Gasteiger partial charge on any atom is -0.362 e. The SMILES string of the molecule is Cc1cccc2c1CC(C)N(c1cnn(C)c1)C2. The molecule has 3 heteroatoms. The van der Waals surface area contributed by atoms with Gasteiger partial charge in [-0.05, 0) is 37.0 Å². The average Bonchev–Trinajstić information content (AvgIpc) is 2.76. The van der Waals surface area contributed by atoms with E-state index in [1.807, 2.05) is 17.9 Å². The number of fused-ring (bicyclic) bond motifs is 1. The summed E-state index contributed by atoms with van der Waals surface area (Å²) in [5, 5.41) is 4.27. The van der Waals surface area contributed by atoms with Crippen molar-refractivity contribution in [3.63, 3.8) is 0 Å². The second kappa shape index (κ2) is 4.16. The summed E-state index contributed by atoms with van der Waals surface area (Å²) < 4.78 is 1.87. The molecule has 2 aromatic rings. The number of hydrogen-bond donors (Lipinski definition) is 0. The Hall–Kier alpha value is -1.77. The van der Waals surface area contributed by atoms with Gasteiger partial charge in [-0.25, -0.2) is 0 Å². The largest absolute Gasteiger partial charge is 0.362 e. The van der Waals surface area contributed by atoms with E-state index in [0.29, 0.717) is 6.04 Å². The zero-order chi connectivity index (χ0) is 12.7. The Morgan fingerprint density at radius 2 is 2.17 bits per heavy atom. The van der Waals surface area contributed by atoms with Gasteiger partial charge >= 0.3 is 0 Å². The highest BCUT2D eigenvalue weighted by Gasteiger charge is 2.24. The monoisotopic (exact) mass is 241 g/mol. The second-order valence-corrected chi connectivity index (χ2v) is 5.27. The first kappa shape index (κ1) is 11.3. The van der Waals surface area contributed by atoms with Crippen LogP contribution < -0.4 is 4.90 Å². The highest BCUT2D eigenvalue weighted by atomic mass is 15.3. The molecule has 3 nitrogen and oxygen atoms in total.